The van der Waals surface area contributed by atoms with Gasteiger partial charge >= 0.3 is 0 Å². The van der Waals surface area contributed by atoms with E-state index >= 15 is 0 Å². The molecule has 1 aromatic carbocycles. The summed E-state index contributed by atoms with van der Waals surface area (Å²) in [4.78, 5) is 1.33. The van der Waals surface area contributed by atoms with E-state index in [1.54, 1.807) is 11.3 Å². The van der Waals surface area contributed by atoms with Crippen molar-refractivity contribution in [3.63, 3.8) is 0 Å². The molecule has 0 radical (unpaired) electrons. The Labute approximate surface area is 118 Å². The van der Waals surface area contributed by atoms with Gasteiger partial charge in [0.25, 0.3) is 0 Å². The first kappa shape index (κ1) is 16.0. The summed E-state index contributed by atoms with van der Waals surface area (Å²) < 4.78 is 34.0. The monoisotopic (exact) mass is 300 g/mol. The van der Waals surface area contributed by atoms with Gasteiger partial charge in [-0.05, 0) is 30.2 Å². The van der Waals surface area contributed by atoms with Gasteiger partial charge in [0.2, 0.25) is 16.2 Å². The molecule has 0 atom stereocenters. The molecular formula is C13H13ClO4S. The first-order chi connectivity index (χ1) is 8.90. The van der Waals surface area contributed by atoms with Gasteiger partial charge < -0.3 is 0 Å². The summed E-state index contributed by atoms with van der Waals surface area (Å²) in [5.74, 6) is 0. The highest BCUT2D eigenvalue weighted by atomic mass is 35.7. The van der Waals surface area contributed by atoms with Crippen molar-refractivity contribution in [2.45, 2.75) is 13.3 Å². The van der Waals surface area contributed by atoms with Crippen LogP contribution < -0.4 is 18.6 Å². The maximum Gasteiger partial charge on any atom is 0.237 e. The summed E-state index contributed by atoms with van der Waals surface area (Å²) in [6, 6.07) is 15.1. The van der Waals surface area contributed by atoms with Crippen LogP contribution >= 0.6 is 11.3 Å². The molecule has 0 amide bonds. The van der Waals surface area contributed by atoms with Gasteiger partial charge in [-0.15, -0.1) is 10.2 Å². The number of halogens is 1. The maximum absolute atomic E-state index is 8.49. The average molecular weight is 301 g/mol. The Morgan fingerprint density at radius 1 is 0.947 bits per heavy atom. The second kappa shape index (κ2) is 7.49. The second-order valence-electron chi connectivity index (χ2n) is 3.60. The Kier molecular flexibility index (Phi) is 6.30. The summed E-state index contributed by atoms with van der Waals surface area (Å²) in [7, 11) is -4.94. The third kappa shape index (κ3) is 7.17. The lowest BCUT2D eigenvalue weighted by Gasteiger charge is -2.17. The summed E-state index contributed by atoms with van der Waals surface area (Å²) in [6.07, 6.45) is 1.11. The van der Waals surface area contributed by atoms with Crippen LogP contribution in [-0.2, 0) is 6.42 Å². The Morgan fingerprint density at radius 2 is 1.53 bits per heavy atom. The Hall–Kier alpha value is -1.08. The highest BCUT2D eigenvalue weighted by molar-refractivity contribution is 7.13. The molecule has 102 valence electrons. The minimum Gasteiger partial charge on any atom is -0.222 e. The van der Waals surface area contributed by atoms with Crippen LogP contribution in [0.5, 0.6) is 0 Å². The molecule has 0 bridgehead atoms. The van der Waals surface area contributed by atoms with Crippen LogP contribution in [-0.4, -0.2) is 0 Å². The van der Waals surface area contributed by atoms with Crippen molar-refractivity contribution >= 4 is 11.3 Å². The fourth-order valence-corrected chi connectivity index (χ4v) is 2.15. The fourth-order valence-electron chi connectivity index (χ4n) is 1.41. The molecule has 1 heterocycles. The van der Waals surface area contributed by atoms with Crippen LogP contribution in [0.4, 0.5) is 0 Å². The average Bonchev–Trinajstić information content (AvgIpc) is 2.38. The van der Waals surface area contributed by atoms with Gasteiger partial charge in [-0.3, -0.25) is 0 Å². The van der Waals surface area contributed by atoms with Crippen LogP contribution in [0.2, 0.25) is 0 Å². The molecule has 2 aromatic rings. The normalized spacial score (nSPS) is 10.6. The lowest BCUT2D eigenvalue weighted by atomic mass is 10.1. The quantitative estimate of drug-likeness (QED) is 0.699. The van der Waals surface area contributed by atoms with E-state index in [0.29, 0.717) is 0 Å². The Bertz CT molecular complexity index is 476. The zero-order chi connectivity index (χ0) is 14.3. The predicted octanol–water partition coefficient (Wildman–Crippen LogP) is -0.497. The van der Waals surface area contributed by atoms with Gasteiger partial charge in [-0.2, -0.15) is 0 Å². The SMILES string of the molecule is CCc1ccc(-c2cccc[s+]2)cc1.[O-][Cl+3]([O-])([O-])[O-]. The van der Waals surface area contributed by atoms with E-state index in [2.05, 4.69) is 54.8 Å². The van der Waals surface area contributed by atoms with Crippen molar-refractivity contribution in [3.8, 4) is 10.4 Å². The first-order valence-electron chi connectivity index (χ1n) is 5.48. The standard InChI is InChI=1S/C13H13S.ClHO4/c1-2-11-6-8-12(9-7-11)13-5-3-4-10-14-13;2-1(3,4)5/h3-10H,2H2,1H3;(H,2,3,4,5)/q+1;/p-1. The molecule has 4 nitrogen and oxygen atoms in total. The van der Waals surface area contributed by atoms with Gasteiger partial charge in [0.15, 0.2) is 5.38 Å². The summed E-state index contributed by atoms with van der Waals surface area (Å²) in [6.45, 7) is 2.18. The van der Waals surface area contributed by atoms with E-state index in [-0.39, 0.29) is 0 Å². The molecule has 0 saturated carbocycles. The van der Waals surface area contributed by atoms with Crippen LogP contribution in [0.25, 0.3) is 10.4 Å². The lowest BCUT2D eigenvalue weighted by Crippen LogP contribution is -2.68. The second-order valence-corrected chi connectivity index (χ2v) is 5.30. The maximum atomic E-state index is 8.49. The molecule has 0 N–H and O–H groups in total. The predicted molar refractivity (Wildman–Crippen MR) is 63.5 cm³/mol. The van der Waals surface area contributed by atoms with Crippen molar-refractivity contribution in [1.29, 1.82) is 0 Å². The van der Waals surface area contributed by atoms with Crippen molar-refractivity contribution in [1.82, 2.24) is 0 Å². The number of benzene rings is 1. The van der Waals surface area contributed by atoms with Gasteiger partial charge in [-0.25, -0.2) is 18.6 Å². The van der Waals surface area contributed by atoms with Gasteiger partial charge in [-0.1, -0.05) is 25.1 Å². The molecule has 0 aliphatic rings. The number of aryl methyl sites for hydroxylation is 1. The van der Waals surface area contributed by atoms with Gasteiger partial charge in [0.1, 0.15) is 0 Å². The molecule has 2 rings (SSSR count). The van der Waals surface area contributed by atoms with Crippen molar-refractivity contribution < 1.29 is 28.9 Å². The van der Waals surface area contributed by atoms with E-state index in [0.717, 1.165) is 6.42 Å². The third-order valence-electron chi connectivity index (χ3n) is 2.28. The summed E-state index contributed by atoms with van der Waals surface area (Å²) >= 11 is 1.78. The van der Waals surface area contributed by atoms with Crippen LogP contribution in [0.3, 0.4) is 0 Å². The Balaban J connectivity index is 0.000000312. The van der Waals surface area contributed by atoms with Crippen LogP contribution in [0.1, 0.15) is 12.5 Å². The first-order valence-corrected chi connectivity index (χ1v) is 7.59. The topological polar surface area (TPSA) is 92.2 Å². The summed E-state index contributed by atoms with van der Waals surface area (Å²) in [5, 5.41) is 2.11. The molecule has 1 aromatic heterocycles. The van der Waals surface area contributed by atoms with E-state index in [4.69, 9.17) is 18.6 Å². The molecular weight excluding hydrogens is 288 g/mol. The van der Waals surface area contributed by atoms with Crippen molar-refractivity contribution in [2.24, 2.45) is 0 Å². The zero-order valence-corrected chi connectivity index (χ0v) is 11.8. The smallest absolute Gasteiger partial charge is 0.222 e. The molecule has 19 heavy (non-hydrogen) atoms. The minimum atomic E-state index is -4.94. The number of hydrogen-bond donors (Lipinski definition) is 0. The van der Waals surface area contributed by atoms with Crippen LogP contribution in [0.15, 0.2) is 47.8 Å². The third-order valence-corrected chi connectivity index (χ3v) is 3.20. The van der Waals surface area contributed by atoms with E-state index in [1.807, 2.05) is 0 Å². The zero-order valence-electron chi connectivity index (χ0n) is 10.2. The Morgan fingerprint density at radius 3 is 1.95 bits per heavy atom. The summed E-state index contributed by atoms with van der Waals surface area (Å²) in [5.41, 5.74) is 2.71. The van der Waals surface area contributed by atoms with Crippen molar-refractivity contribution in [2.75, 3.05) is 0 Å². The molecule has 0 fully saturated rings. The minimum absolute atomic E-state index is 1.11. The highest BCUT2D eigenvalue weighted by Crippen LogP contribution is 2.23. The molecule has 0 saturated heterocycles. The number of rotatable bonds is 2. The van der Waals surface area contributed by atoms with E-state index in [9.17, 15) is 0 Å². The molecule has 0 unspecified atom stereocenters. The number of hydrogen-bond acceptors (Lipinski definition) is 4. The highest BCUT2D eigenvalue weighted by Gasteiger charge is 2.06. The van der Waals surface area contributed by atoms with E-state index < -0.39 is 10.2 Å². The molecule has 0 aliphatic carbocycles. The van der Waals surface area contributed by atoms with E-state index in [1.165, 1.54) is 16.0 Å². The van der Waals surface area contributed by atoms with Gasteiger partial charge in [0.05, 0.1) is 0 Å². The molecule has 0 spiro atoms. The fraction of sp³-hybridized carbons (Fsp3) is 0.154. The molecule has 0 aliphatic heterocycles. The van der Waals surface area contributed by atoms with Gasteiger partial charge in [0, 0.05) is 11.6 Å². The molecule has 6 heteroatoms. The van der Waals surface area contributed by atoms with Crippen molar-refractivity contribution in [3.05, 3.63) is 53.4 Å². The lowest BCUT2D eigenvalue weighted by molar-refractivity contribution is -2.00. The van der Waals surface area contributed by atoms with Crippen LogP contribution in [0, 0.1) is 10.2 Å². The largest absolute Gasteiger partial charge is 0.237 e.